The van der Waals surface area contributed by atoms with Crippen molar-refractivity contribution in [3.63, 3.8) is 0 Å². The van der Waals surface area contributed by atoms with Crippen molar-refractivity contribution in [3.8, 4) is 0 Å². The highest BCUT2D eigenvalue weighted by molar-refractivity contribution is 5.09. The summed E-state index contributed by atoms with van der Waals surface area (Å²) in [4.78, 5) is 6.63. The first-order chi connectivity index (χ1) is 9.21. The molecule has 0 aliphatic rings. The fourth-order valence-corrected chi connectivity index (χ4v) is 2.25. The molecule has 0 saturated heterocycles. The lowest BCUT2D eigenvalue weighted by molar-refractivity contribution is 0.269. The number of hydrogen-bond donors (Lipinski definition) is 1. The van der Waals surface area contributed by atoms with Gasteiger partial charge in [-0.3, -0.25) is 4.98 Å². The van der Waals surface area contributed by atoms with Gasteiger partial charge in [-0.2, -0.15) is 0 Å². The fourth-order valence-electron chi connectivity index (χ4n) is 2.25. The van der Waals surface area contributed by atoms with Gasteiger partial charge in [0.15, 0.2) is 0 Å². The van der Waals surface area contributed by atoms with Gasteiger partial charge in [0.05, 0.1) is 17.9 Å². The van der Waals surface area contributed by atoms with Crippen molar-refractivity contribution in [3.05, 3.63) is 29.8 Å². The van der Waals surface area contributed by atoms with Gasteiger partial charge >= 0.3 is 0 Å². The van der Waals surface area contributed by atoms with Gasteiger partial charge in [-0.1, -0.05) is 20.8 Å². The van der Waals surface area contributed by atoms with E-state index < -0.39 is 0 Å². The zero-order valence-corrected chi connectivity index (χ0v) is 12.3. The summed E-state index contributed by atoms with van der Waals surface area (Å²) in [5.74, 6) is -0.278. The quantitative estimate of drug-likeness (QED) is 0.745. The second-order valence-electron chi connectivity index (χ2n) is 4.73. The third-order valence-corrected chi connectivity index (χ3v) is 3.28. The van der Waals surface area contributed by atoms with E-state index in [4.69, 9.17) is 0 Å². The predicted molar refractivity (Wildman–Crippen MR) is 77.6 cm³/mol. The van der Waals surface area contributed by atoms with E-state index in [2.05, 4.69) is 36.0 Å². The molecule has 0 amide bonds. The molecule has 1 aromatic rings. The standard InChI is InChI=1S/C15H26FN3/c1-4-10-19(6-3)11-9-15(17-5-2)14-8-7-13(16)12-18-14/h7-8,12,15,17H,4-6,9-11H2,1-3H3. The lowest BCUT2D eigenvalue weighted by Gasteiger charge is -2.23. The Morgan fingerprint density at radius 1 is 1.26 bits per heavy atom. The van der Waals surface area contributed by atoms with Crippen LogP contribution in [0.3, 0.4) is 0 Å². The van der Waals surface area contributed by atoms with Gasteiger partial charge in [-0.25, -0.2) is 4.39 Å². The molecule has 0 fully saturated rings. The van der Waals surface area contributed by atoms with E-state index in [1.54, 1.807) is 6.07 Å². The van der Waals surface area contributed by atoms with Crippen molar-refractivity contribution in [1.29, 1.82) is 0 Å². The molecule has 0 radical (unpaired) electrons. The van der Waals surface area contributed by atoms with E-state index in [-0.39, 0.29) is 11.9 Å². The monoisotopic (exact) mass is 267 g/mol. The molecule has 108 valence electrons. The minimum atomic E-state index is -0.278. The Morgan fingerprint density at radius 2 is 2.05 bits per heavy atom. The van der Waals surface area contributed by atoms with Gasteiger partial charge in [0.1, 0.15) is 5.82 Å². The van der Waals surface area contributed by atoms with Crippen molar-refractivity contribution < 1.29 is 4.39 Å². The van der Waals surface area contributed by atoms with Crippen LogP contribution in [0.25, 0.3) is 0 Å². The lowest BCUT2D eigenvalue weighted by atomic mass is 10.1. The molecule has 1 N–H and O–H groups in total. The summed E-state index contributed by atoms with van der Waals surface area (Å²) in [6.07, 6.45) is 3.47. The number of aromatic nitrogens is 1. The highest BCUT2D eigenvalue weighted by atomic mass is 19.1. The Morgan fingerprint density at radius 3 is 2.58 bits per heavy atom. The van der Waals surface area contributed by atoms with E-state index in [1.165, 1.54) is 18.7 Å². The highest BCUT2D eigenvalue weighted by Crippen LogP contribution is 2.15. The van der Waals surface area contributed by atoms with Crippen LogP contribution in [0.1, 0.15) is 45.3 Å². The van der Waals surface area contributed by atoms with E-state index in [9.17, 15) is 4.39 Å². The summed E-state index contributed by atoms with van der Waals surface area (Å²) in [7, 11) is 0. The van der Waals surface area contributed by atoms with Crippen LogP contribution in [0.2, 0.25) is 0 Å². The Balaban J connectivity index is 2.59. The van der Waals surface area contributed by atoms with Crippen molar-refractivity contribution in [2.75, 3.05) is 26.2 Å². The van der Waals surface area contributed by atoms with Gasteiger partial charge < -0.3 is 10.2 Å². The summed E-state index contributed by atoms with van der Waals surface area (Å²) in [6.45, 7) is 10.6. The van der Waals surface area contributed by atoms with Crippen molar-refractivity contribution in [1.82, 2.24) is 15.2 Å². The maximum atomic E-state index is 12.9. The summed E-state index contributed by atoms with van der Waals surface area (Å²) < 4.78 is 12.9. The van der Waals surface area contributed by atoms with Crippen molar-refractivity contribution in [2.24, 2.45) is 0 Å². The normalized spacial score (nSPS) is 12.9. The molecule has 0 saturated carbocycles. The predicted octanol–water partition coefficient (Wildman–Crippen LogP) is 2.99. The van der Waals surface area contributed by atoms with Crippen LogP contribution >= 0.6 is 0 Å². The molecular formula is C15H26FN3. The molecule has 1 heterocycles. The molecule has 1 aromatic heterocycles. The van der Waals surface area contributed by atoms with Crippen LogP contribution in [-0.2, 0) is 0 Å². The first-order valence-electron chi connectivity index (χ1n) is 7.28. The number of hydrogen-bond acceptors (Lipinski definition) is 3. The molecule has 0 aliphatic heterocycles. The number of nitrogens with one attached hydrogen (secondary N) is 1. The van der Waals surface area contributed by atoms with Crippen LogP contribution in [0, 0.1) is 5.82 Å². The van der Waals surface area contributed by atoms with Gasteiger partial charge in [0, 0.05) is 0 Å². The molecule has 1 rings (SSSR count). The zero-order chi connectivity index (χ0) is 14.1. The summed E-state index contributed by atoms with van der Waals surface area (Å²) in [5.41, 5.74) is 0.927. The zero-order valence-electron chi connectivity index (χ0n) is 12.3. The van der Waals surface area contributed by atoms with Gasteiger partial charge in [0.2, 0.25) is 0 Å². The molecular weight excluding hydrogens is 241 g/mol. The summed E-state index contributed by atoms with van der Waals surface area (Å²) >= 11 is 0. The first-order valence-corrected chi connectivity index (χ1v) is 7.28. The maximum absolute atomic E-state index is 12.9. The second-order valence-corrected chi connectivity index (χ2v) is 4.73. The average Bonchev–Trinajstić information content (AvgIpc) is 2.43. The number of halogens is 1. The summed E-state index contributed by atoms with van der Waals surface area (Å²) in [6, 6.07) is 3.46. The van der Waals surface area contributed by atoms with Crippen molar-refractivity contribution >= 4 is 0 Å². The Kier molecular flexibility index (Phi) is 7.60. The Bertz CT molecular complexity index is 340. The molecule has 0 aliphatic carbocycles. The molecule has 0 bridgehead atoms. The largest absolute Gasteiger partial charge is 0.309 e. The molecule has 1 unspecified atom stereocenters. The van der Waals surface area contributed by atoms with E-state index in [1.807, 2.05) is 0 Å². The number of pyridine rings is 1. The van der Waals surface area contributed by atoms with Gasteiger partial charge in [-0.05, 0) is 51.2 Å². The van der Waals surface area contributed by atoms with Crippen molar-refractivity contribution in [2.45, 2.75) is 39.7 Å². The average molecular weight is 267 g/mol. The first kappa shape index (κ1) is 16.1. The summed E-state index contributed by atoms with van der Waals surface area (Å²) in [5, 5.41) is 3.43. The molecule has 0 aromatic carbocycles. The topological polar surface area (TPSA) is 28.2 Å². The Labute approximate surface area is 116 Å². The van der Waals surface area contributed by atoms with Crippen LogP contribution in [0.5, 0.6) is 0 Å². The molecule has 3 nitrogen and oxygen atoms in total. The van der Waals surface area contributed by atoms with E-state index in [0.29, 0.717) is 0 Å². The van der Waals surface area contributed by atoms with E-state index >= 15 is 0 Å². The molecule has 19 heavy (non-hydrogen) atoms. The van der Waals surface area contributed by atoms with Crippen LogP contribution in [0.15, 0.2) is 18.3 Å². The van der Waals surface area contributed by atoms with Gasteiger partial charge in [0.25, 0.3) is 0 Å². The molecule has 1 atom stereocenters. The molecule has 0 spiro atoms. The number of rotatable bonds is 9. The third kappa shape index (κ3) is 5.66. The highest BCUT2D eigenvalue weighted by Gasteiger charge is 2.13. The lowest BCUT2D eigenvalue weighted by Crippen LogP contribution is -2.30. The minimum Gasteiger partial charge on any atom is -0.309 e. The van der Waals surface area contributed by atoms with Crippen LogP contribution < -0.4 is 5.32 Å². The number of nitrogens with zero attached hydrogens (tertiary/aromatic N) is 2. The van der Waals surface area contributed by atoms with Crippen LogP contribution in [-0.4, -0.2) is 36.1 Å². The second kappa shape index (κ2) is 8.99. The van der Waals surface area contributed by atoms with Gasteiger partial charge in [-0.15, -0.1) is 0 Å². The van der Waals surface area contributed by atoms with Crippen LogP contribution in [0.4, 0.5) is 4.39 Å². The smallest absolute Gasteiger partial charge is 0.141 e. The third-order valence-electron chi connectivity index (χ3n) is 3.28. The maximum Gasteiger partial charge on any atom is 0.141 e. The van der Waals surface area contributed by atoms with E-state index in [0.717, 1.165) is 38.3 Å². The molecule has 4 heteroatoms. The SMILES string of the molecule is CCCN(CC)CCC(NCC)c1ccc(F)cn1. The fraction of sp³-hybridized carbons (Fsp3) is 0.667. The minimum absolute atomic E-state index is 0.205. The Hall–Kier alpha value is -1.00.